The van der Waals surface area contributed by atoms with Gasteiger partial charge in [0.2, 0.25) is 5.91 Å². The zero-order valence-corrected chi connectivity index (χ0v) is 17.3. The largest absolute Gasteiger partial charge is 0.493 e. The Morgan fingerprint density at radius 3 is 2.80 bits per heavy atom. The summed E-state index contributed by atoms with van der Waals surface area (Å²) in [6, 6.07) is 13.4. The van der Waals surface area contributed by atoms with Crippen LogP contribution in [-0.4, -0.2) is 41.1 Å². The molecule has 2 heterocycles. The molecule has 8 nitrogen and oxygen atoms in total. The smallest absolute Gasteiger partial charge is 0.277 e. The highest BCUT2D eigenvalue weighted by Gasteiger charge is 2.14. The average Bonchev–Trinajstić information content (AvgIpc) is 3.42. The van der Waals surface area contributed by atoms with Gasteiger partial charge < -0.3 is 24.2 Å². The van der Waals surface area contributed by atoms with Gasteiger partial charge in [0.15, 0.2) is 11.5 Å². The van der Waals surface area contributed by atoms with Crippen LogP contribution in [0, 0.1) is 0 Å². The van der Waals surface area contributed by atoms with Crippen molar-refractivity contribution in [1.82, 2.24) is 20.5 Å². The van der Waals surface area contributed by atoms with Gasteiger partial charge in [-0.05, 0) is 23.8 Å². The minimum absolute atomic E-state index is 0.137. The van der Waals surface area contributed by atoms with Crippen LogP contribution in [0.2, 0.25) is 0 Å². The van der Waals surface area contributed by atoms with Gasteiger partial charge in [0.05, 0.1) is 25.5 Å². The van der Waals surface area contributed by atoms with Crippen LogP contribution in [0.3, 0.4) is 0 Å². The van der Waals surface area contributed by atoms with Crippen molar-refractivity contribution in [3.05, 3.63) is 54.2 Å². The number of thioether (sulfide) groups is 1. The number of ether oxygens (including phenoxy) is 2. The van der Waals surface area contributed by atoms with Crippen LogP contribution in [0.1, 0.15) is 5.56 Å². The van der Waals surface area contributed by atoms with E-state index in [9.17, 15) is 4.79 Å². The molecule has 4 aromatic rings. The first kappa shape index (κ1) is 19.8. The fraction of sp³-hybridized carbons (Fsp3) is 0.190. The summed E-state index contributed by atoms with van der Waals surface area (Å²) >= 11 is 1.19. The number of rotatable bonds is 8. The lowest BCUT2D eigenvalue weighted by atomic mass is 10.2. The lowest BCUT2D eigenvalue weighted by Crippen LogP contribution is -2.24. The van der Waals surface area contributed by atoms with Crippen LogP contribution in [0.4, 0.5) is 0 Å². The Balaban J connectivity index is 1.33. The molecule has 2 N–H and O–H groups in total. The second kappa shape index (κ2) is 8.91. The van der Waals surface area contributed by atoms with Crippen LogP contribution in [-0.2, 0) is 11.3 Å². The van der Waals surface area contributed by atoms with Crippen molar-refractivity contribution < 1.29 is 18.7 Å². The molecule has 4 rings (SSSR count). The van der Waals surface area contributed by atoms with E-state index in [2.05, 4.69) is 20.5 Å². The molecule has 0 bridgehead atoms. The number of fused-ring (bicyclic) bond motifs is 1. The third-order valence-electron chi connectivity index (χ3n) is 4.49. The van der Waals surface area contributed by atoms with Gasteiger partial charge in [-0.3, -0.25) is 4.79 Å². The zero-order chi connectivity index (χ0) is 20.9. The van der Waals surface area contributed by atoms with Crippen molar-refractivity contribution in [2.24, 2.45) is 0 Å². The maximum atomic E-state index is 12.2. The molecular weight excluding hydrogens is 404 g/mol. The van der Waals surface area contributed by atoms with E-state index >= 15 is 0 Å². The number of amides is 1. The summed E-state index contributed by atoms with van der Waals surface area (Å²) < 4.78 is 16.2. The Morgan fingerprint density at radius 1 is 1.13 bits per heavy atom. The Labute approximate surface area is 177 Å². The number of nitrogens with zero attached hydrogens (tertiary/aromatic N) is 2. The first-order chi connectivity index (χ1) is 14.7. The van der Waals surface area contributed by atoms with Crippen molar-refractivity contribution in [2.75, 3.05) is 20.0 Å². The van der Waals surface area contributed by atoms with E-state index in [0.29, 0.717) is 29.2 Å². The third kappa shape index (κ3) is 4.25. The van der Waals surface area contributed by atoms with E-state index in [-0.39, 0.29) is 11.7 Å². The number of aromatic amines is 1. The number of hydrogen-bond acceptors (Lipinski definition) is 7. The van der Waals surface area contributed by atoms with Crippen molar-refractivity contribution in [3.63, 3.8) is 0 Å². The van der Waals surface area contributed by atoms with Crippen molar-refractivity contribution in [2.45, 2.75) is 11.8 Å². The number of para-hydroxylation sites is 1. The molecule has 1 amide bonds. The van der Waals surface area contributed by atoms with Gasteiger partial charge in [-0.2, -0.15) is 0 Å². The highest BCUT2D eigenvalue weighted by atomic mass is 32.2. The molecular formula is C21H20N4O4S. The van der Waals surface area contributed by atoms with Gasteiger partial charge in [0.1, 0.15) is 0 Å². The van der Waals surface area contributed by atoms with E-state index in [4.69, 9.17) is 13.9 Å². The molecule has 2 aromatic heterocycles. The van der Waals surface area contributed by atoms with Crippen LogP contribution >= 0.6 is 11.8 Å². The monoisotopic (exact) mass is 424 g/mol. The lowest BCUT2D eigenvalue weighted by Gasteiger charge is -2.10. The summed E-state index contributed by atoms with van der Waals surface area (Å²) in [6.45, 7) is 0.379. The Morgan fingerprint density at radius 2 is 1.97 bits per heavy atom. The number of benzene rings is 2. The molecule has 0 aliphatic heterocycles. The molecule has 2 aromatic carbocycles. The highest BCUT2D eigenvalue weighted by Crippen LogP contribution is 2.30. The van der Waals surface area contributed by atoms with Gasteiger partial charge in [0.25, 0.3) is 11.1 Å². The number of aromatic nitrogens is 3. The Hall–Kier alpha value is -3.46. The van der Waals surface area contributed by atoms with E-state index < -0.39 is 0 Å². The number of carbonyl (C=O) groups is 1. The summed E-state index contributed by atoms with van der Waals surface area (Å²) in [5.74, 6) is 1.71. The molecule has 0 saturated heterocycles. The molecule has 0 saturated carbocycles. The van der Waals surface area contributed by atoms with Gasteiger partial charge in [0, 0.05) is 23.6 Å². The summed E-state index contributed by atoms with van der Waals surface area (Å²) in [7, 11) is 3.16. The SMILES string of the molecule is COc1ccc(CNC(=O)CSc2nnc(-c3c[nH]c4ccccc34)o2)cc1OC. The van der Waals surface area contributed by atoms with Crippen LogP contribution in [0.5, 0.6) is 11.5 Å². The number of H-pyrrole nitrogens is 1. The van der Waals surface area contributed by atoms with Crippen LogP contribution < -0.4 is 14.8 Å². The summed E-state index contributed by atoms with van der Waals surface area (Å²) in [5.41, 5.74) is 2.74. The van der Waals surface area contributed by atoms with Crippen LogP contribution in [0.25, 0.3) is 22.4 Å². The zero-order valence-electron chi connectivity index (χ0n) is 16.5. The fourth-order valence-electron chi connectivity index (χ4n) is 2.99. The molecule has 0 aliphatic carbocycles. The predicted octanol–water partition coefficient (Wildman–Crippen LogP) is 3.64. The van der Waals surface area contributed by atoms with Gasteiger partial charge in [-0.1, -0.05) is 36.0 Å². The van der Waals surface area contributed by atoms with Crippen molar-refractivity contribution in [1.29, 1.82) is 0 Å². The number of carbonyl (C=O) groups excluding carboxylic acids is 1. The third-order valence-corrected chi connectivity index (χ3v) is 5.31. The molecule has 30 heavy (non-hydrogen) atoms. The normalized spacial score (nSPS) is 10.9. The van der Waals surface area contributed by atoms with Crippen molar-refractivity contribution >= 4 is 28.6 Å². The van der Waals surface area contributed by atoms with Gasteiger partial charge in [-0.15, -0.1) is 10.2 Å². The molecule has 154 valence electrons. The van der Waals surface area contributed by atoms with Crippen molar-refractivity contribution in [3.8, 4) is 23.0 Å². The molecule has 0 fully saturated rings. The Kier molecular flexibility index (Phi) is 5.89. The topological polar surface area (TPSA) is 102 Å². The van der Waals surface area contributed by atoms with Crippen LogP contribution in [0.15, 0.2) is 58.3 Å². The lowest BCUT2D eigenvalue weighted by molar-refractivity contribution is -0.118. The summed E-state index contributed by atoms with van der Waals surface area (Å²) in [4.78, 5) is 15.4. The first-order valence-corrected chi connectivity index (χ1v) is 10.2. The number of methoxy groups -OCH3 is 2. The molecule has 0 aliphatic rings. The van der Waals surface area contributed by atoms with E-state index in [1.54, 1.807) is 20.3 Å². The second-order valence-corrected chi connectivity index (χ2v) is 7.30. The second-order valence-electron chi connectivity index (χ2n) is 6.38. The molecule has 0 atom stereocenters. The number of hydrogen-bond donors (Lipinski definition) is 2. The minimum Gasteiger partial charge on any atom is -0.493 e. The van der Waals surface area contributed by atoms with Gasteiger partial charge >= 0.3 is 0 Å². The maximum Gasteiger partial charge on any atom is 0.277 e. The minimum atomic E-state index is -0.137. The molecule has 0 radical (unpaired) electrons. The fourth-order valence-corrected chi connectivity index (χ4v) is 3.59. The summed E-state index contributed by atoms with van der Waals surface area (Å²) in [6.07, 6.45) is 1.84. The van der Waals surface area contributed by atoms with E-state index in [1.807, 2.05) is 42.6 Å². The number of nitrogens with one attached hydrogen (secondary N) is 2. The molecule has 0 spiro atoms. The molecule has 0 unspecified atom stereocenters. The van der Waals surface area contributed by atoms with E-state index in [1.165, 1.54) is 11.8 Å². The maximum absolute atomic E-state index is 12.2. The highest BCUT2D eigenvalue weighted by molar-refractivity contribution is 7.99. The van der Waals surface area contributed by atoms with E-state index in [0.717, 1.165) is 22.0 Å². The quantitative estimate of drug-likeness (QED) is 0.416. The average molecular weight is 424 g/mol. The molecule has 9 heteroatoms. The Bertz CT molecular complexity index is 1170. The predicted molar refractivity (Wildman–Crippen MR) is 114 cm³/mol. The summed E-state index contributed by atoms with van der Waals surface area (Å²) in [5, 5.41) is 12.3. The first-order valence-electron chi connectivity index (χ1n) is 9.18. The van der Waals surface area contributed by atoms with Gasteiger partial charge in [-0.25, -0.2) is 0 Å². The standard InChI is InChI=1S/C21H20N4O4S/c1-27-17-8-7-13(9-18(17)28-2)10-23-19(26)12-30-21-25-24-20(29-21)15-11-22-16-6-4-3-5-14(15)16/h3-9,11,22H,10,12H2,1-2H3,(H,23,26).